The predicted octanol–water partition coefficient (Wildman–Crippen LogP) is 6.66. The minimum absolute atomic E-state index is 0.0273. The van der Waals surface area contributed by atoms with Crippen LogP contribution >= 0.6 is 0 Å². The van der Waals surface area contributed by atoms with Gasteiger partial charge in [0.15, 0.2) is 0 Å². The van der Waals surface area contributed by atoms with E-state index in [-0.39, 0.29) is 41.1 Å². The Kier molecular flexibility index (Phi) is 11.5. The van der Waals surface area contributed by atoms with Gasteiger partial charge in [0.1, 0.15) is 25.1 Å². The van der Waals surface area contributed by atoms with E-state index in [0.29, 0.717) is 6.61 Å². The van der Waals surface area contributed by atoms with Crippen molar-refractivity contribution >= 4 is 11.9 Å². The summed E-state index contributed by atoms with van der Waals surface area (Å²) in [5.74, 6) is 0.561. The van der Waals surface area contributed by atoms with Gasteiger partial charge in [-0.15, -0.1) is 0 Å². The maximum atomic E-state index is 12.2. The molecule has 1 aliphatic heterocycles. The first-order valence-electron chi connectivity index (χ1n) is 13.3. The Bertz CT molecular complexity index is 811. The average Bonchev–Trinajstić information content (AvgIpc) is 2.80. The maximum absolute atomic E-state index is 12.2. The lowest BCUT2D eigenvalue weighted by Gasteiger charge is -2.53. The third kappa shape index (κ3) is 9.42. The van der Waals surface area contributed by atoms with Crippen molar-refractivity contribution in [1.29, 1.82) is 0 Å². The highest BCUT2D eigenvalue weighted by Crippen LogP contribution is 2.39. The van der Waals surface area contributed by atoms with Crippen molar-refractivity contribution in [3.05, 3.63) is 30.3 Å². The molecule has 2 rings (SSSR count). The number of carbonyl (C=O) groups excluding carboxylic acids is 2. The second-order valence-corrected chi connectivity index (χ2v) is 12.4. The third-order valence-electron chi connectivity index (χ3n) is 7.75. The largest absolute Gasteiger partial charge is 0.490 e. The Hall–Kier alpha value is -2.08. The molecular formula is C30H51NO5. The maximum Gasteiger partial charge on any atom is 0.311 e. The van der Waals surface area contributed by atoms with Crippen LogP contribution in [0.25, 0.3) is 0 Å². The number of para-hydroxylation sites is 1. The molecule has 1 fully saturated rings. The summed E-state index contributed by atoms with van der Waals surface area (Å²) in [6.07, 6.45) is 3.41. The molecule has 0 aliphatic carbocycles. The fourth-order valence-corrected chi connectivity index (χ4v) is 3.97. The van der Waals surface area contributed by atoms with E-state index in [4.69, 9.17) is 14.2 Å². The first-order chi connectivity index (χ1) is 16.5. The second kappa shape index (κ2) is 12.9. The van der Waals surface area contributed by atoms with Crippen LogP contribution in [-0.2, 0) is 19.1 Å². The van der Waals surface area contributed by atoms with Crippen LogP contribution in [0.5, 0.6) is 5.75 Å². The fourth-order valence-electron chi connectivity index (χ4n) is 3.97. The SMILES string of the molecule is CCC(C)(C)C(=O)OC1CC(C)(C)N(C)C(C)(C)C1.CCC(C)(C)C(=O)OCCOc1ccccc1. The molecule has 0 amide bonds. The summed E-state index contributed by atoms with van der Waals surface area (Å²) >= 11 is 0. The van der Waals surface area contributed by atoms with Crippen LogP contribution in [0.3, 0.4) is 0 Å². The lowest BCUT2D eigenvalue weighted by Crippen LogP contribution is -2.60. The van der Waals surface area contributed by atoms with E-state index in [0.717, 1.165) is 31.4 Å². The Balaban J connectivity index is 0.000000362. The highest BCUT2D eigenvalue weighted by Gasteiger charge is 2.45. The monoisotopic (exact) mass is 505 g/mol. The second-order valence-electron chi connectivity index (χ2n) is 12.4. The number of benzene rings is 1. The summed E-state index contributed by atoms with van der Waals surface area (Å²) in [6.45, 7) is 21.2. The van der Waals surface area contributed by atoms with Gasteiger partial charge in [-0.25, -0.2) is 0 Å². The number of hydrogen-bond acceptors (Lipinski definition) is 6. The van der Waals surface area contributed by atoms with E-state index in [1.54, 1.807) is 0 Å². The first-order valence-corrected chi connectivity index (χ1v) is 13.3. The standard InChI is InChI=1S/C16H31NO2.C14H20O3/c1-9-14(2,3)13(18)19-12-10-15(4,5)17(8)16(6,7)11-12;1-4-14(2,3)13(15)17-11-10-16-12-8-6-5-7-9-12/h12H,9-11H2,1-8H3;5-9H,4,10-11H2,1-3H3. The molecule has 6 nitrogen and oxygen atoms in total. The summed E-state index contributed by atoms with van der Waals surface area (Å²) in [6, 6.07) is 9.48. The molecule has 0 N–H and O–H groups in total. The smallest absolute Gasteiger partial charge is 0.311 e. The summed E-state index contributed by atoms with van der Waals surface area (Å²) in [5.41, 5.74) is -0.670. The van der Waals surface area contributed by atoms with Crippen LogP contribution in [0.1, 0.15) is 94.9 Å². The van der Waals surface area contributed by atoms with Crippen molar-refractivity contribution in [3.8, 4) is 5.75 Å². The Morgan fingerprint density at radius 2 is 1.33 bits per heavy atom. The number of hydrogen-bond donors (Lipinski definition) is 0. The molecule has 0 spiro atoms. The molecule has 0 radical (unpaired) electrons. The van der Waals surface area contributed by atoms with Gasteiger partial charge >= 0.3 is 11.9 Å². The summed E-state index contributed by atoms with van der Waals surface area (Å²) in [7, 11) is 2.16. The van der Waals surface area contributed by atoms with E-state index in [2.05, 4.69) is 39.6 Å². The third-order valence-corrected chi connectivity index (χ3v) is 7.75. The summed E-state index contributed by atoms with van der Waals surface area (Å²) in [4.78, 5) is 26.3. The molecule has 36 heavy (non-hydrogen) atoms. The molecule has 1 heterocycles. The van der Waals surface area contributed by atoms with Gasteiger partial charge in [-0.2, -0.15) is 0 Å². The van der Waals surface area contributed by atoms with Gasteiger partial charge < -0.3 is 14.2 Å². The number of ether oxygens (including phenoxy) is 3. The van der Waals surface area contributed by atoms with Crippen LogP contribution in [0, 0.1) is 10.8 Å². The van der Waals surface area contributed by atoms with Crippen molar-refractivity contribution in [2.24, 2.45) is 10.8 Å². The minimum Gasteiger partial charge on any atom is -0.490 e. The lowest BCUT2D eigenvalue weighted by atomic mass is 9.78. The predicted molar refractivity (Wildman–Crippen MR) is 146 cm³/mol. The van der Waals surface area contributed by atoms with Crippen LogP contribution in [0.4, 0.5) is 0 Å². The molecule has 6 heteroatoms. The zero-order valence-electron chi connectivity index (χ0n) is 24.7. The molecule has 0 aromatic heterocycles. The molecule has 0 unspecified atom stereocenters. The van der Waals surface area contributed by atoms with Gasteiger partial charge in [-0.3, -0.25) is 14.5 Å². The number of esters is 2. The van der Waals surface area contributed by atoms with Crippen molar-refractivity contribution in [2.45, 2.75) is 112 Å². The number of rotatable bonds is 9. The molecule has 1 aliphatic rings. The highest BCUT2D eigenvalue weighted by atomic mass is 16.6. The molecule has 1 aromatic rings. The van der Waals surface area contributed by atoms with Gasteiger partial charge in [0.25, 0.3) is 0 Å². The lowest BCUT2D eigenvalue weighted by molar-refractivity contribution is -0.169. The highest BCUT2D eigenvalue weighted by molar-refractivity contribution is 5.76. The van der Waals surface area contributed by atoms with Gasteiger partial charge in [0.2, 0.25) is 0 Å². The number of piperidine rings is 1. The Labute approximate surface area is 220 Å². The van der Waals surface area contributed by atoms with Gasteiger partial charge in [-0.05, 0) is 87.4 Å². The van der Waals surface area contributed by atoms with Crippen LogP contribution in [-0.4, -0.2) is 54.3 Å². The normalized spacial score (nSPS) is 18.0. The molecule has 0 bridgehead atoms. The number of nitrogens with zero attached hydrogens (tertiary/aromatic N) is 1. The van der Waals surface area contributed by atoms with Crippen molar-refractivity contribution in [2.75, 3.05) is 20.3 Å². The molecular weight excluding hydrogens is 454 g/mol. The molecule has 206 valence electrons. The number of likely N-dealkylation sites (tertiary alicyclic amines) is 1. The van der Waals surface area contributed by atoms with Crippen molar-refractivity contribution in [1.82, 2.24) is 4.90 Å². The van der Waals surface area contributed by atoms with E-state index in [9.17, 15) is 9.59 Å². The van der Waals surface area contributed by atoms with Gasteiger partial charge in [-0.1, -0.05) is 32.0 Å². The van der Waals surface area contributed by atoms with Crippen LogP contribution < -0.4 is 4.74 Å². The zero-order chi connectivity index (χ0) is 27.8. The van der Waals surface area contributed by atoms with E-state index in [1.165, 1.54) is 0 Å². The van der Waals surface area contributed by atoms with E-state index >= 15 is 0 Å². The Morgan fingerprint density at radius 1 is 0.861 bits per heavy atom. The van der Waals surface area contributed by atoms with E-state index < -0.39 is 5.41 Å². The molecule has 1 saturated heterocycles. The average molecular weight is 506 g/mol. The first kappa shape index (κ1) is 31.9. The number of carbonyl (C=O) groups is 2. The Morgan fingerprint density at radius 3 is 1.81 bits per heavy atom. The fraction of sp³-hybridized carbons (Fsp3) is 0.733. The van der Waals surface area contributed by atoms with Crippen LogP contribution in [0.15, 0.2) is 30.3 Å². The minimum atomic E-state index is -0.410. The zero-order valence-corrected chi connectivity index (χ0v) is 24.7. The van der Waals surface area contributed by atoms with Crippen molar-refractivity contribution in [3.63, 3.8) is 0 Å². The van der Waals surface area contributed by atoms with E-state index in [1.807, 2.05) is 71.9 Å². The van der Waals surface area contributed by atoms with Gasteiger partial charge in [0, 0.05) is 23.9 Å². The quantitative estimate of drug-likeness (QED) is 0.276. The summed E-state index contributed by atoms with van der Waals surface area (Å²) in [5, 5.41) is 0. The van der Waals surface area contributed by atoms with Crippen LogP contribution in [0.2, 0.25) is 0 Å². The molecule has 0 saturated carbocycles. The molecule has 0 atom stereocenters. The topological polar surface area (TPSA) is 65.1 Å². The van der Waals surface area contributed by atoms with Crippen molar-refractivity contribution < 1.29 is 23.8 Å². The molecule has 1 aromatic carbocycles. The van der Waals surface area contributed by atoms with Gasteiger partial charge in [0.05, 0.1) is 10.8 Å². The summed E-state index contributed by atoms with van der Waals surface area (Å²) < 4.78 is 16.4.